The Hall–Kier alpha value is -1.75. The Morgan fingerprint density at radius 1 is 1.22 bits per heavy atom. The maximum Gasteiger partial charge on any atom is 0.229 e. The van der Waals surface area contributed by atoms with Crippen LogP contribution in [0, 0.1) is 5.82 Å². The Morgan fingerprint density at radius 3 is 2.44 bits per heavy atom. The van der Waals surface area contributed by atoms with E-state index in [1.54, 1.807) is 18.2 Å². The molecular weight excluding hydrogens is 235 g/mol. The average molecular weight is 250 g/mol. The highest BCUT2D eigenvalue weighted by Gasteiger charge is 2.28. The van der Waals surface area contributed by atoms with Gasteiger partial charge in [0.25, 0.3) is 0 Å². The van der Waals surface area contributed by atoms with Crippen LogP contribution in [0.2, 0.25) is 0 Å². The molecule has 0 spiro atoms. The van der Waals surface area contributed by atoms with Crippen LogP contribution in [0.5, 0.6) is 0 Å². The molecule has 4 nitrogen and oxygen atoms in total. The van der Waals surface area contributed by atoms with Crippen molar-refractivity contribution in [3.05, 3.63) is 35.6 Å². The molecule has 1 heterocycles. The van der Waals surface area contributed by atoms with Crippen LogP contribution in [0.15, 0.2) is 24.3 Å². The van der Waals surface area contributed by atoms with Gasteiger partial charge in [-0.3, -0.25) is 14.5 Å². The molecule has 1 aromatic carbocycles. The molecule has 0 saturated carbocycles. The molecule has 1 fully saturated rings. The van der Waals surface area contributed by atoms with Crippen molar-refractivity contribution in [1.82, 2.24) is 4.90 Å². The van der Waals surface area contributed by atoms with Gasteiger partial charge in [-0.1, -0.05) is 18.2 Å². The van der Waals surface area contributed by atoms with Crippen molar-refractivity contribution < 1.29 is 14.0 Å². The van der Waals surface area contributed by atoms with E-state index in [1.807, 2.05) is 0 Å². The van der Waals surface area contributed by atoms with E-state index in [-0.39, 0.29) is 18.4 Å². The molecule has 5 heteroatoms. The number of benzene rings is 1. The van der Waals surface area contributed by atoms with Gasteiger partial charge in [-0.2, -0.15) is 0 Å². The molecule has 1 unspecified atom stereocenters. The third-order valence-corrected chi connectivity index (χ3v) is 3.07. The fourth-order valence-electron chi connectivity index (χ4n) is 2.07. The maximum atomic E-state index is 13.5. The quantitative estimate of drug-likeness (QED) is 0.824. The molecule has 18 heavy (non-hydrogen) atoms. The highest BCUT2D eigenvalue weighted by atomic mass is 19.1. The van der Waals surface area contributed by atoms with Crippen LogP contribution in [0.25, 0.3) is 0 Å². The number of likely N-dealkylation sites (tertiary alicyclic amines) is 1. The van der Waals surface area contributed by atoms with Crippen molar-refractivity contribution in [1.29, 1.82) is 0 Å². The van der Waals surface area contributed by atoms with Gasteiger partial charge in [0.05, 0.1) is 6.04 Å². The summed E-state index contributed by atoms with van der Waals surface area (Å²) in [4.78, 5) is 24.4. The summed E-state index contributed by atoms with van der Waals surface area (Å²) in [6.07, 6.45) is 1.30. The van der Waals surface area contributed by atoms with E-state index in [4.69, 9.17) is 5.73 Å². The van der Waals surface area contributed by atoms with Crippen molar-refractivity contribution in [2.75, 3.05) is 6.54 Å². The van der Waals surface area contributed by atoms with Gasteiger partial charge in [0.2, 0.25) is 11.8 Å². The van der Waals surface area contributed by atoms with Crippen molar-refractivity contribution in [2.45, 2.75) is 25.3 Å². The topological polar surface area (TPSA) is 63.4 Å². The van der Waals surface area contributed by atoms with Gasteiger partial charge < -0.3 is 5.73 Å². The molecule has 1 aliphatic heterocycles. The fourth-order valence-corrected chi connectivity index (χ4v) is 2.07. The van der Waals surface area contributed by atoms with Crippen LogP contribution in [-0.2, 0) is 9.59 Å². The van der Waals surface area contributed by atoms with E-state index < -0.39 is 11.9 Å². The van der Waals surface area contributed by atoms with Crippen molar-refractivity contribution in [2.24, 2.45) is 5.73 Å². The van der Waals surface area contributed by atoms with Gasteiger partial charge >= 0.3 is 0 Å². The Morgan fingerprint density at radius 2 is 1.83 bits per heavy atom. The third kappa shape index (κ3) is 2.56. The van der Waals surface area contributed by atoms with Crippen molar-refractivity contribution >= 4 is 11.8 Å². The molecule has 1 aliphatic rings. The SMILES string of the molecule is NC(CN1C(=O)CCCC1=O)c1ccccc1F. The summed E-state index contributed by atoms with van der Waals surface area (Å²) in [5.74, 6) is -0.863. The Bertz CT molecular complexity index is 460. The van der Waals surface area contributed by atoms with E-state index in [0.717, 1.165) is 4.90 Å². The molecule has 2 N–H and O–H groups in total. The number of nitrogens with zero attached hydrogens (tertiary/aromatic N) is 1. The van der Waals surface area contributed by atoms with Crippen LogP contribution in [0.1, 0.15) is 30.9 Å². The summed E-state index contributed by atoms with van der Waals surface area (Å²) in [7, 11) is 0. The summed E-state index contributed by atoms with van der Waals surface area (Å²) in [6.45, 7) is 0.0403. The van der Waals surface area contributed by atoms with Crippen molar-refractivity contribution in [3.63, 3.8) is 0 Å². The lowest BCUT2D eigenvalue weighted by Gasteiger charge is -2.27. The predicted molar refractivity (Wildman–Crippen MR) is 63.9 cm³/mol. The Balaban J connectivity index is 2.11. The number of carbonyl (C=O) groups excluding carboxylic acids is 2. The van der Waals surface area contributed by atoms with E-state index in [2.05, 4.69) is 0 Å². The zero-order chi connectivity index (χ0) is 13.1. The van der Waals surface area contributed by atoms with Gasteiger partial charge in [0.15, 0.2) is 0 Å². The number of hydrogen-bond donors (Lipinski definition) is 1. The number of nitrogens with two attached hydrogens (primary N) is 1. The molecule has 0 bridgehead atoms. The number of halogens is 1. The lowest BCUT2D eigenvalue weighted by molar-refractivity contribution is -0.148. The Labute approximate surface area is 105 Å². The van der Waals surface area contributed by atoms with E-state index in [9.17, 15) is 14.0 Å². The van der Waals surface area contributed by atoms with Gasteiger partial charge in [-0.05, 0) is 12.5 Å². The lowest BCUT2D eigenvalue weighted by Crippen LogP contribution is -2.44. The molecule has 0 aliphatic carbocycles. The number of hydrogen-bond acceptors (Lipinski definition) is 3. The molecule has 1 atom stereocenters. The van der Waals surface area contributed by atoms with Gasteiger partial charge in [0, 0.05) is 24.9 Å². The van der Waals surface area contributed by atoms with Crippen LogP contribution >= 0.6 is 0 Å². The van der Waals surface area contributed by atoms with Gasteiger partial charge in [0.1, 0.15) is 5.82 Å². The molecule has 0 aromatic heterocycles. The minimum Gasteiger partial charge on any atom is -0.322 e. The highest BCUT2D eigenvalue weighted by Crippen LogP contribution is 2.19. The molecule has 2 rings (SSSR count). The summed E-state index contributed by atoms with van der Waals surface area (Å²) in [6, 6.07) is 5.45. The summed E-state index contributed by atoms with van der Waals surface area (Å²) >= 11 is 0. The first-order valence-electron chi connectivity index (χ1n) is 5.93. The van der Waals surface area contributed by atoms with E-state index in [0.29, 0.717) is 24.8 Å². The predicted octanol–water partition coefficient (Wildman–Crippen LogP) is 1.36. The second-order valence-electron chi connectivity index (χ2n) is 4.38. The molecule has 1 aromatic rings. The fraction of sp³-hybridized carbons (Fsp3) is 0.385. The van der Waals surface area contributed by atoms with E-state index in [1.165, 1.54) is 6.07 Å². The third-order valence-electron chi connectivity index (χ3n) is 3.07. The van der Waals surface area contributed by atoms with Crippen LogP contribution < -0.4 is 5.73 Å². The first-order valence-corrected chi connectivity index (χ1v) is 5.93. The van der Waals surface area contributed by atoms with Gasteiger partial charge in [-0.25, -0.2) is 4.39 Å². The maximum absolute atomic E-state index is 13.5. The number of amides is 2. The van der Waals surface area contributed by atoms with Gasteiger partial charge in [-0.15, -0.1) is 0 Å². The Kier molecular flexibility index (Phi) is 3.72. The molecule has 0 radical (unpaired) electrons. The zero-order valence-corrected chi connectivity index (χ0v) is 9.93. The monoisotopic (exact) mass is 250 g/mol. The number of carbonyl (C=O) groups is 2. The molecule has 1 saturated heterocycles. The van der Waals surface area contributed by atoms with E-state index >= 15 is 0 Å². The number of imide groups is 1. The van der Waals surface area contributed by atoms with Crippen LogP contribution in [0.4, 0.5) is 4.39 Å². The first-order chi connectivity index (χ1) is 8.59. The molecule has 2 amide bonds. The second-order valence-corrected chi connectivity index (χ2v) is 4.38. The lowest BCUT2D eigenvalue weighted by atomic mass is 10.0. The largest absolute Gasteiger partial charge is 0.322 e. The minimum absolute atomic E-state index is 0.0403. The molecular formula is C13H15FN2O2. The van der Waals surface area contributed by atoms with Crippen LogP contribution in [-0.4, -0.2) is 23.3 Å². The smallest absolute Gasteiger partial charge is 0.229 e. The average Bonchev–Trinajstić information content (AvgIpc) is 2.34. The number of piperidine rings is 1. The second kappa shape index (κ2) is 5.27. The summed E-state index contributed by atoms with van der Waals surface area (Å²) in [5.41, 5.74) is 6.19. The molecule has 96 valence electrons. The number of rotatable bonds is 3. The summed E-state index contributed by atoms with van der Waals surface area (Å²) < 4.78 is 13.5. The highest BCUT2D eigenvalue weighted by molar-refractivity contribution is 5.97. The van der Waals surface area contributed by atoms with Crippen molar-refractivity contribution in [3.8, 4) is 0 Å². The zero-order valence-electron chi connectivity index (χ0n) is 9.93. The standard InChI is InChI=1S/C13H15FN2O2/c14-10-5-2-1-4-9(10)11(15)8-16-12(17)6-3-7-13(16)18/h1-2,4-5,11H,3,6-8,15H2. The van der Waals surface area contributed by atoms with Crippen LogP contribution in [0.3, 0.4) is 0 Å². The minimum atomic E-state index is -0.683. The summed E-state index contributed by atoms with van der Waals surface area (Å²) in [5, 5.41) is 0. The normalized spacial score (nSPS) is 18.0. The first kappa shape index (κ1) is 12.7.